The fourth-order valence-electron chi connectivity index (χ4n) is 1.03. The summed E-state index contributed by atoms with van der Waals surface area (Å²) in [4.78, 5) is 0. The molecule has 0 aliphatic heterocycles. The lowest BCUT2D eigenvalue weighted by molar-refractivity contribution is -0.174. The molecule has 0 saturated heterocycles. The monoisotopic (exact) mass is 223 g/mol. The lowest BCUT2D eigenvalue weighted by Crippen LogP contribution is -2.23. The van der Waals surface area contributed by atoms with Gasteiger partial charge in [0, 0.05) is 18.8 Å². The molecule has 1 heterocycles. The SMILES string of the molecule is Cn1cc(C(N)COCC(F)(F)F)cn1. The molecule has 1 unspecified atom stereocenters. The van der Waals surface area contributed by atoms with Crippen LogP contribution >= 0.6 is 0 Å². The topological polar surface area (TPSA) is 53.1 Å². The Labute approximate surface area is 84.8 Å². The highest BCUT2D eigenvalue weighted by Gasteiger charge is 2.27. The summed E-state index contributed by atoms with van der Waals surface area (Å²) >= 11 is 0. The van der Waals surface area contributed by atoms with Crippen molar-refractivity contribution in [2.45, 2.75) is 12.2 Å². The number of alkyl halides is 3. The lowest BCUT2D eigenvalue weighted by Gasteiger charge is -2.11. The third kappa shape index (κ3) is 4.30. The predicted octanol–water partition coefficient (Wildman–Crippen LogP) is 0.999. The van der Waals surface area contributed by atoms with Gasteiger partial charge in [-0.05, 0) is 0 Å². The first-order valence-corrected chi connectivity index (χ1v) is 4.27. The number of ether oxygens (including phenoxy) is 1. The van der Waals surface area contributed by atoms with Crippen molar-refractivity contribution >= 4 is 0 Å². The molecule has 0 radical (unpaired) electrons. The molecule has 0 aliphatic carbocycles. The van der Waals surface area contributed by atoms with Crippen molar-refractivity contribution in [3.8, 4) is 0 Å². The number of nitrogens with zero attached hydrogens (tertiary/aromatic N) is 2. The Balaban J connectivity index is 2.34. The van der Waals surface area contributed by atoms with E-state index >= 15 is 0 Å². The molecule has 4 nitrogen and oxygen atoms in total. The van der Waals surface area contributed by atoms with Crippen LogP contribution in [0.1, 0.15) is 11.6 Å². The summed E-state index contributed by atoms with van der Waals surface area (Å²) in [5, 5.41) is 3.85. The molecule has 86 valence electrons. The normalized spacial score (nSPS) is 14.2. The van der Waals surface area contributed by atoms with Crippen LogP contribution < -0.4 is 5.73 Å². The minimum absolute atomic E-state index is 0.175. The van der Waals surface area contributed by atoms with Crippen LogP contribution in [-0.4, -0.2) is 29.2 Å². The van der Waals surface area contributed by atoms with Gasteiger partial charge in [-0.3, -0.25) is 4.68 Å². The van der Waals surface area contributed by atoms with Crippen molar-refractivity contribution in [2.75, 3.05) is 13.2 Å². The van der Waals surface area contributed by atoms with Gasteiger partial charge < -0.3 is 10.5 Å². The fraction of sp³-hybridized carbons (Fsp3) is 0.625. The summed E-state index contributed by atoms with van der Waals surface area (Å²) in [6.45, 7) is -1.45. The van der Waals surface area contributed by atoms with Gasteiger partial charge in [0.2, 0.25) is 0 Å². The van der Waals surface area contributed by atoms with E-state index < -0.39 is 18.8 Å². The molecule has 0 amide bonds. The first kappa shape index (κ1) is 12.0. The van der Waals surface area contributed by atoms with Crippen LogP contribution in [0.3, 0.4) is 0 Å². The minimum atomic E-state index is -4.31. The Bertz CT molecular complexity index is 310. The first-order chi connectivity index (χ1) is 6.88. The summed E-state index contributed by atoms with van der Waals surface area (Å²) in [7, 11) is 1.70. The van der Waals surface area contributed by atoms with E-state index in [4.69, 9.17) is 5.73 Å². The number of nitrogens with two attached hydrogens (primary N) is 1. The largest absolute Gasteiger partial charge is 0.411 e. The fourth-order valence-corrected chi connectivity index (χ4v) is 1.03. The van der Waals surface area contributed by atoms with Gasteiger partial charge in [0.25, 0.3) is 0 Å². The van der Waals surface area contributed by atoms with Crippen LogP contribution in [0.15, 0.2) is 12.4 Å². The van der Waals surface area contributed by atoms with Crippen molar-refractivity contribution < 1.29 is 17.9 Å². The molecule has 1 rings (SSSR count). The molecule has 0 saturated carbocycles. The van der Waals surface area contributed by atoms with Gasteiger partial charge in [-0.2, -0.15) is 18.3 Å². The summed E-state index contributed by atoms with van der Waals surface area (Å²) in [5.41, 5.74) is 6.24. The van der Waals surface area contributed by atoms with Gasteiger partial charge in [-0.1, -0.05) is 0 Å². The molecule has 15 heavy (non-hydrogen) atoms. The third-order valence-corrected chi connectivity index (χ3v) is 1.72. The summed E-state index contributed by atoms with van der Waals surface area (Å²) in [5.74, 6) is 0. The van der Waals surface area contributed by atoms with Crippen molar-refractivity contribution in [3.63, 3.8) is 0 Å². The molecular weight excluding hydrogens is 211 g/mol. The smallest absolute Gasteiger partial charge is 0.370 e. The van der Waals surface area contributed by atoms with Crippen molar-refractivity contribution in [1.82, 2.24) is 9.78 Å². The maximum absolute atomic E-state index is 11.7. The average molecular weight is 223 g/mol. The molecule has 0 spiro atoms. The first-order valence-electron chi connectivity index (χ1n) is 4.27. The van der Waals surface area contributed by atoms with Crippen molar-refractivity contribution in [3.05, 3.63) is 18.0 Å². The molecule has 1 aromatic rings. The zero-order valence-corrected chi connectivity index (χ0v) is 8.16. The molecule has 1 atom stereocenters. The van der Waals surface area contributed by atoms with E-state index in [-0.39, 0.29) is 6.61 Å². The Morgan fingerprint density at radius 2 is 2.27 bits per heavy atom. The Kier molecular flexibility index (Phi) is 3.70. The van der Waals surface area contributed by atoms with E-state index in [0.717, 1.165) is 0 Å². The molecule has 0 fully saturated rings. The highest BCUT2D eigenvalue weighted by molar-refractivity contribution is 5.09. The van der Waals surface area contributed by atoms with E-state index in [1.54, 1.807) is 13.2 Å². The highest BCUT2D eigenvalue weighted by atomic mass is 19.4. The van der Waals surface area contributed by atoms with Gasteiger partial charge in [0.15, 0.2) is 0 Å². The second-order valence-corrected chi connectivity index (χ2v) is 3.18. The number of rotatable bonds is 4. The Morgan fingerprint density at radius 1 is 1.60 bits per heavy atom. The number of hydrogen-bond donors (Lipinski definition) is 1. The van der Waals surface area contributed by atoms with Gasteiger partial charge in [0.05, 0.1) is 18.8 Å². The maximum Gasteiger partial charge on any atom is 0.411 e. The Hall–Kier alpha value is -1.08. The summed E-state index contributed by atoms with van der Waals surface area (Å²) in [6, 6.07) is -0.582. The van der Waals surface area contributed by atoms with Crippen LogP contribution in [0.2, 0.25) is 0 Å². The van der Waals surface area contributed by atoms with Gasteiger partial charge >= 0.3 is 6.18 Å². The van der Waals surface area contributed by atoms with E-state index in [1.165, 1.54) is 10.9 Å². The molecule has 1 aromatic heterocycles. The van der Waals surface area contributed by atoms with Crippen LogP contribution in [0.5, 0.6) is 0 Å². The van der Waals surface area contributed by atoms with Crippen LogP contribution in [0, 0.1) is 0 Å². The van der Waals surface area contributed by atoms with Crippen LogP contribution in [0.4, 0.5) is 13.2 Å². The molecular formula is C8H12F3N3O. The molecule has 0 aromatic carbocycles. The molecule has 0 aliphatic rings. The van der Waals surface area contributed by atoms with E-state index in [1.807, 2.05) is 0 Å². The summed E-state index contributed by atoms with van der Waals surface area (Å²) < 4.78 is 41.2. The van der Waals surface area contributed by atoms with Gasteiger partial charge in [-0.15, -0.1) is 0 Å². The summed E-state index contributed by atoms with van der Waals surface area (Å²) in [6.07, 6.45) is -1.17. The van der Waals surface area contributed by atoms with Gasteiger partial charge in [-0.25, -0.2) is 0 Å². The third-order valence-electron chi connectivity index (χ3n) is 1.72. The van der Waals surface area contributed by atoms with Gasteiger partial charge in [0.1, 0.15) is 6.61 Å². The van der Waals surface area contributed by atoms with Crippen molar-refractivity contribution in [1.29, 1.82) is 0 Å². The number of hydrogen-bond acceptors (Lipinski definition) is 3. The molecule has 2 N–H and O–H groups in total. The maximum atomic E-state index is 11.7. The van der Waals surface area contributed by atoms with Crippen molar-refractivity contribution in [2.24, 2.45) is 12.8 Å². The average Bonchev–Trinajstić information content (AvgIpc) is 2.49. The highest BCUT2D eigenvalue weighted by Crippen LogP contribution is 2.16. The zero-order chi connectivity index (χ0) is 11.5. The molecule has 0 bridgehead atoms. The van der Waals surface area contributed by atoms with E-state index in [0.29, 0.717) is 5.56 Å². The lowest BCUT2D eigenvalue weighted by atomic mass is 10.2. The standard InChI is InChI=1S/C8H12F3N3O/c1-14-3-6(2-13-14)7(12)4-15-5-8(9,10)11/h2-3,7H,4-5,12H2,1H3. The number of aromatic nitrogens is 2. The van der Waals surface area contributed by atoms with Crippen LogP contribution in [-0.2, 0) is 11.8 Å². The number of halogens is 3. The minimum Gasteiger partial charge on any atom is -0.370 e. The Morgan fingerprint density at radius 3 is 2.73 bits per heavy atom. The van der Waals surface area contributed by atoms with E-state index in [9.17, 15) is 13.2 Å². The second-order valence-electron chi connectivity index (χ2n) is 3.18. The second kappa shape index (κ2) is 4.63. The molecule has 7 heteroatoms. The predicted molar refractivity (Wildman–Crippen MR) is 47.0 cm³/mol. The number of aryl methyl sites for hydroxylation is 1. The van der Waals surface area contributed by atoms with Crippen LogP contribution in [0.25, 0.3) is 0 Å². The quantitative estimate of drug-likeness (QED) is 0.828. The van der Waals surface area contributed by atoms with E-state index in [2.05, 4.69) is 9.84 Å². The zero-order valence-electron chi connectivity index (χ0n) is 8.16.